The zero-order valence-electron chi connectivity index (χ0n) is 11.2. The molecule has 0 aromatic heterocycles. The van der Waals surface area contributed by atoms with Crippen LogP contribution in [0.25, 0.3) is 0 Å². The number of nitriles is 1. The van der Waals surface area contributed by atoms with E-state index in [0.717, 1.165) is 13.0 Å². The van der Waals surface area contributed by atoms with Crippen molar-refractivity contribution in [3.05, 3.63) is 29.8 Å². The normalized spacial score (nSPS) is 11.5. The van der Waals surface area contributed by atoms with Crippen molar-refractivity contribution >= 4 is 10.0 Å². The summed E-state index contributed by atoms with van der Waals surface area (Å²) in [5, 5.41) is 12.0. The second-order valence-corrected chi connectivity index (χ2v) is 6.27. The first kappa shape index (κ1) is 15.6. The molecule has 0 aliphatic rings. The fourth-order valence-corrected chi connectivity index (χ4v) is 2.62. The highest BCUT2D eigenvalue weighted by molar-refractivity contribution is 7.89. The van der Waals surface area contributed by atoms with Crippen molar-refractivity contribution < 1.29 is 8.42 Å². The molecular weight excluding hydrogens is 262 g/mol. The Bertz CT molecular complexity index is 547. The minimum absolute atomic E-state index is 0.128. The van der Waals surface area contributed by atoms with Gasteiger partial charge < -0.3 is 5.32 Å². The van der Waals surface area contributed by atoms with Gasteiger partial charge >= 0.3 is 0 Å². The summed E-state index contributed by atoms with van der Waals surface area (Å²) in [6, 6.07) is 8.31. The van der Waals surface area contributed by atoms with E-state index in [-0.39, 0.29) is 4.90 Å². The Hall–Kier alpha value is -1.42. The molecule has 0 heterocycles. The molecule has 0 unspecified atom stereocenters. The monoisotopic (exact) mass is 281 g/mol. The summed E-state index contributed by atoms with van der Waals surface area (Å²) in [4.78, 5) is 0.128. The van der Waals surface area contributed by atoms with E-state index in [0.29, 0.717) is 18.2 Å². The standard InChI is InChI=1S/C13H19N3O2S/c1-11(2)15-7-4-8-16-19(17,18)13-6-3-5-12(9-13)10-14/h3,5-6,9,11,15-16H,4,7-8H2,1-2H3. The van der Waals surface area contributed by atoms with Crippen molar-refractivity contribution in [3.63, 3.8) is 0 Å². The SMILES string of the molecule is CC(C)NCCCNS(=O)(=O)c1cccc(C#N)c1. The van der Waals surface area contributed by atoms with Crippen LogP contribution in [0.15, 0.2) is 29.2 Å². The van der Waals surface area contributed by atoms with Crippen LogP contribution in [0.2, 0.25) is 0 Å². The molecule has 6 heteroatoms. The van der Waals surface area contributed by atoms with Crippen molar-refractivity contribution in [1.29, 1.82) is 5.26 Å². The van der Waals surface area contributed by atoms with E-state index in [1.165, 1.54) is 12.1 Å². The van der Waals surface area contributed by atoms with Crippen LogP contribution in [0.3, 0.4) is 0 Å². The fourth-order valence-electron chi connectivity index (χ4n) is 1.50. The predicted octanol–water partition coefficient (Wildman–Crippen LogP) is 1.22. The lowest BCUT2D eigenvalue weighted by Gasteiger charge is -2.09. The molecule has 0 radical (unpaired) electrons. The molecule has 0 amide bonds. The lowest BCUT2D eigenvalue weighted by atomic mass is 10.2. The topological polar surface area (TPSA) is 82.0 Å². The Morgan fingerprint density at radius 1 is 1.32 bits per heavy atom. The van der Waals surface area contributed by atoms with E-state index in [2.05, 4.69) is 10.0 Å². The van der Waals surface area contributed by atoms with Crippen LogP contribution in [-0.2, 0) is 10.0 Å². The average Bonchev–Trinajstić information content (AvgIpc) is 2.38. The third kappa shape index (κ3) is 5.39. The van der Waals surface area contributed by atoms with Crippen LogP contribution in [0.5, 0.6) is 0 Å². The first-order chi connectivity index (χ1) is 8.95. The van der Waals surface area contributed by atoms with E-state index in [1.807, 2.05) is 19.9 Å². The number of rotatable bonds is 7. The van der Waals surface area contributed by atoms with Gasteiger partial charge in [-0.2, -0.15) is 5.26 Å². The van der Waals surface area contributed by atoms with Gasteiger partial charge in [0.05, 0.1) is 16.5 Å². The number of nitrogens with zero attached hydrogens (tertiary/aromatic N) is 1. The maximum atomic E-state index is 12.0. The summed E-state index contributed by atoms with van der Waals surface area (Å²) in [5.41, 5.74) is 0.337. The number of nitrogens with one attached hydrogen (secondary N) is 2. The Kier molecular flexibility index (Phi) is 5.96. The Morgan fingerprint density at radius 3 is 2.68 bits per heavy atom. The van der Waals surface area contributed by atoms with Gasteiger partial charge in [0.25, 0.3) is 0 Å². The van der Waals surface area contributed by atoms with Gasteiger partial charge in [0.1, 0.15) is 0 Å². The molecular formula is C13H19N3O2S. The van der Waals surface area contributed by atoms with Gasteiger partial charge in [-0.25, -0.2) is 13.1 Å². The minimum atomic E-state index is -3.52. The van der Waals surface area contributed by atoms with Crippen molar-refractivity contribution in [3.8, 4) is 6.07 Å². The van der Waals surface area contributed by atoms with Crippen molar-refractivity contribution in [2.75, 3.05) is 13.1 Å². The molecule has 0 atom stereocenters. The summed E-state index contributed by atoms with van der Waals surface area (Å²) in [7, 11) is -3.52. The zero-order valence-corrected chi connectivity index (χ0v) is 12.0. The lowest BCUT2D eigenvalue weighted by molar-refractivity contribution is 0.554. The molecule has 104 valence electrons. The molecule has 0 bridgehead atoms. The van der Waals surface area contributed by atoms with Gasteiger partial charge in [-0.3, -0.25) is 0 Å². The smallest absolute Gasteiger partial charge is 0.240 e. The molecule has 1 aromatic carbocycles. The number of hydrogen-bond donors (Lipinski definition) is 2. The molecule has 0 saturated heterocycles. The highest BCUT2D eigenvalue weighted by atomic mass is 32.2. The molecule has 1 rings (SSSR count). The first-order valence-electron chi connectivity index (χ1n) is 6.19. The van der Waals surface area contributed by atoms with E-state index < -0.39 is 10.0 Å². The van der Waals surface area contributed by atoms with Gasteiger partial charge in [-0.05, 0) is 31.2 Å². The summed E-state index contributed by atoms with van der Waals surface area (Å²) >= 11 is 0. The number of sulfonamides is 1. The van der Waals surface area contributed by atoms with Gasteiger partial charge in [-0.1, -0.05) is 19.9 Å². The van der Waals surface area contributed by atoms with Crippen LogP contribution < -0.4 is 10.0 Å². The molecule has 0 aliphatic carbocycles. The summed E-state index contributed by atoms with van der Waals surface area (Å²) in [6.45, 7) is 5.21. The lowest BCUT2D eigenvalue weighted by Crippen LogP contribution is -2.29. The molecule has 0 saturated carbocycles. The van der Waals surface area contributed by atoms with Crippen LogP contribution in [-0.4, -0.2) is 27.5 Å². The summed E-state index contributed by atoms with van der Waals surface area (Å²) in [5.74, 6) is 0. The molecule has 19 heavy (non-hydrogen) atoms. The van der Waals surface area contributed by atoms with Gasteiger partial charge in [0.2, 0.25) is 10.0 Å². The minimum Gasteiger partial charge on any atom is -0.314 e. The van der Waals surface area contributed by atoms with Crippen LogP contribution in [0.4, 0.5) is 0 Å². The highest BCUT2D eigenvalue weighted by Crippen LogP contribution is 2.10. The van der Waals surface area contributed by atoms with E-state index >= 15 is 0 Å². The molecule has 5 nitrogen and oxygen atoms in total. The molecule has 0 fully saturated rings. The van der Waals surface area contributed by atoms with E-state index in [1.54, 1.807) is 12.1 Å². The van der Waals surface area contributed by atoms with Gasteiger partial charge in [-0.15, -0.1) is 0 Å². The van der Waals surface area contributed by atoms with Gasteiger partial charge in [0.15, 0.2) is 0 Å². The largest absolute Gasteiger partial charge is 0.314 e. The Balaban J connectivity index is 2.54. The molecule has 2 N–H and O–H groups in total. The third-order valence-corrected chi connectivity index (χ3v) is 3.93. The highest BCUT2D eigenvalue weighted by Gasteiger charge is 2.13. The van der Waals surface area contributed by atoms with Gasteiger partial charge in [0, 0.05) is 12.6 Å². The number of hydrogen-bond acceptors (Lipinski definition) is 4. The zero-order chi connectivity index (χ0) is 14.3. The Morgan fingerprint density at radius 2 is 2.05 bits per heavy atom. The Labute approximate surface area is 114 Å². The number of benzene rings is 1. The predicted molar refractivity (Wildman–Crippen MR) is 74.1 cm³/mol. The molecule has 0 spiro atoms. The maximum absolute atomic E-state index is 12.0. The average molecular weight is 281 g/mol. The van der Waals surface area contributed by atoms with Crippen LogP contribution in [0, 0.1) is 11.3 Å². The van der Waals surface area contributed by atoms with Crippen LogP contribution in [0.1, 0.15) is 25.8 Å². The van der Waals surface area contributed by atoms with Crippen molar-refractivity contribution in [2.45, 2.75) is 31.2 Å². The maximum Gasteiger partial charge on any atom is 0.240 e. The second-order valence-electron chi connectivity index (χ2n) is 4.50. The fraction of sp³-hybridized carbons (Fsp3) is 0.462. The second kappa shape index (κ2) is 7.24. The summed E-state index contributed by atoms with van der Waals surface area (Å²) in [6.07, 6.45) is 0.718. The van der Waals surface area contributed by atoms with Crippen molar-refractivity contribution in [1.82, 2.24) is 10.0 Å². The van der Waals surface area contributed by atoms with Crippen molar-refractivity contribution in [2.24, 2.45) is 0 Å². The quantitative estimate of drug-likeness (QED) is 0.736. The van der Waals surface area contributed by atoms with E-state index in [4.69, 9.17) is 5.26 Å². The van der Waals surface area contributed by atoms with E-state index in [9.17, 15) is 8.42 Å². The first-order valence-corrected chi connectivity index (χ1v) is 7.67. The molecule has 0 aliphatic heterocycles. The summed E-state index contributed by atoms with van der Waals surface area (Å²) < 4.78 is 26.4. The third-order valence-electron chi connectivity index (χ3n) is 2.47. The molecule has 1 aromatic rings. The van der Waals surface area contributed by atoms with Crippen LogP contribution >= 0.6 is 0 Å².